The van der Waals surface area contributed by atoms with E-state index in [1.54, 1.807) is 19.3 Å². The van der Waals surface area contributed by atoms with E-state index < -0.39 is 6.04 Å². The summed E-state index contributed by atoms with van der Waals surface area (Å²) >= 11 is 6.21. The number of nitrogens with zero attached hydrogens (tertiary/aromatic N) is 3. The maximum Gasteiger partial charge on any atom is 0.291 e. The molecule has 0 aliphatic rings. The Kier molecular flexibility index (Phi) is 5.11. The van der Waals surface area contributed by atoms with Gasteiger partial charge in [-0.15, -0.1) is 0 Å². The number of nitrogens with one attached hydrogen (secondary N) is 1. The maximum atomic E-state index is 13.1. The Bertz CT molecular complexity index is 1280. The Labute approximate surface area is 172 Å². The van der Waals surface area contributed by atoms with Gasteiger partial charge in [-0.1, -0.05) is 54.9 Å². The molecule has 4 rings (SSSR count). The monoisotopic (exact) mass is 408 g/mol. The van der Waals surface area contributed by atoms with Crippen LogP contribution in [0.25, 0.3) is 21.8 Å². The summed E-state index contributed by atoms with van der Waals surface area (Å²) in [7, 11) is 1.61. The second kappa shape index (κ2) is 7.72. The van der Waals surface area contributed by atoms with Crippen LogP contribution in [-0.4, -0.2) is 20.3 Å². The Morgan fingerprint density at radius 3 is 2.62 bits per heavy atom. The van der Waals surface area contributed by atoms with E-state index in [9.17, 15) is 9.59 Å². The van der Waals surface area contributed by atoms with Gasteiger partial charge in [-0.2, -0.15) is 5.10 Å². The van der Waals surface area contributed by atoms with Crippen LogP contribution in [0.1, 0.15) is 24.9 Å². The van der Waals surface area contributed by atoms with Gasteiger partial charge in [0, 0.05) is 29.4 Å². The molecule has 6 nitrogen and oxygen atoms in total. The average molecular weight is 409 g/mol. The van der Waals surface area contributed by atoms with Crippen LogP contribution in [0.3, 0.4) is 0 Å². The molecule has 0 aliphatic heterocycles. The van der Waals surface area contributed by atoms with Gasteiger partial charge in [-0.25, -0.2) is 4.68 Å². The number of aromatic nitrogens is 3. The van der Waals surface area contributed by atoms with Gasteiger partial charge < -0.3 is 9.88 Å². The zero-order chi connectivity index (χ0) is 20.5. The first-order chi connectivity index (χ1) is 14.0. The van der Waals surface area contributed by atoms with Crippen molar-refractivity contribution in [1.82, 2.24) is 19.7 Å². The summed E-state index contributed by atoms with van der Waals surface area (Å²) in [5, 5.41) is 9.40. The summed E-state index contributed by atoms with van der Waals surface area (Å²) in [4.78, 5) is 26.1. The third-order valence-electron chi connectivity index (χ3n) is 5.22. The first-order valence-electron chi connectivity index (χ1n) is 9.49. The molecule has 148 valence electrons. The van der Waals surface area contributed by atoms with E-state index in [4.69, 9.17) is 11.6 Å². The molecule has 2 aromatic heterocycles. The number of benzene rings is 2. The van der Waals surface area contributed by atoms with Gasteiger partial charge in [0.25, 0.3) is 5.56 Å². The van der Waals surface area contributed by atoms with E-state index in [0.29, 0.717) is 23.5 Å². The third kappa shape index (κ3) is 3.29. The molecule has 7 heteroatoms. The molecule has 0 radical (unpaired) electrons. The van der Waals surface area contributed by atoms with E-state index in [0.717, 1.165) is 21.9 Å². The molecule has 0 fully saturated rings. The van der Waals surface area contributed by atoms with Gasteiger partial charge in [0.1, 0.15) is 11.6 Å². The molecule has 1 atom stereocenters. The summed E-state index contributed by atoms with van der Waals surface area (Å²) < 4.78 is 3.14. The Morgan fingerprint density at radius 2 is 1.86 bits per heavy atom. The number of hydrogen-bond acceptors (Lipinski definition) is 3. The Morgan fingerprint density at radius 1 is 1.14 bits per heavy atom. The molecule has 29 heavy (non-hydrogen) atoms. The van der Waals surface area contributed by atoms with Crippen LogP contribution in [0.15, 0.2) is 59.5 Å². The minimum atomic E-state index is -0.532. The SMILES string of the molecule is CC[C@H](C(=O)NCc1ccccc1Cl)n1c2ccccc2c2cnn(C)c(=O)c21. The number of hydrogen-bond donors (Lipinski definition) is 1. The number of para-hydroxylation sites is 1. The van der Waals surface area contributed by atoms with Crippen LogP contribution in [0, 0.1) is 0 Å². The first kappa shape index (κ1) is 19.2. The lowest BCUT2D eigenvalue weighted by Crippen LogP contribution is -2.33. The summed E-state index contributed by atoms with van der Waals surface area (Å²) in [5.41, 5.74) is 1.95. The van der Waals surface area contributed by atoms with Crippen molar-refractivity contribution >= 4 is 39.3 Å². The normalized spacial score (nSPS) is 12.4. The van der Waals surface area contributed by atoms with E-state index in [1.165, 1.54) is 4.68 Å². The highest BCUT2D eigenvalue weighted by molar-refractivity contribution is 6.31. The Hall–Kier alpha value is -3.12. The highest BCUT2D eigenvalue weighted by Crippen LogP contribution is 2.30. The molecule has 0 spiro atoms. The summed E-state index contributed by atoms with van der Waals surface area (Å²) in [6, 6.07) is 14.6. The predicted octanol–water partition coefficient (Wildman–Crippen LogP) is 3.81. The molecular formula is C22H21ClN4O2. The lowest BCUT2D eigenvalue weighted by atomic mass is 10.1. The van der Waals surface area contributed by atoms with Crippen molar-refractivity contribution in [3.63, 3.8) is 0 Å². The van der Waals surface area contributed by atoms with Crippen molar-refractivity contribution in [2.75, 3.05) is 0 Å². The molecule has 1 amide bonds. The molecular weight excluding hydrogens is 388 g/mol. The summed E-state index contributed by atoms with van der Waals surface area (Å²) in [6.07, 6.45) is 2.22. The van der Waals surface area contributed by atoms with Crippen LogP contribution in [-0.2, 0) is 18.4 Å². The van der Waals surface area contributed by atoms with Crippen molar-refractivity contribution in [2.45, 2.75) is 25.9 Å². The minimum absolute atomic E-state index is 0.158. The van der Waals surface area contributed by atoms with Gasteiger partial charge in [0.05, 0.1) is 11.7 Å². The molecule has 0 saturated carbocycles. The van der Waals surface area contributed by atoms with Gasteiger partial charge in [0.2, 0.25) is 5.91 Å². The van der Waals surface area contributed by atoms with Crippen molar-refractivity contribution < 1.29 is 4.79 Å². The molecule has 0 unspecified atom stereocenters. The van der Waals surface area contributed by atoms with Crippen LogP contribution in [0.2, 0.25) is 5.02 Å². The fraction of sp³-hybridized carbons (Fsp3) is 0.227. The molecule has 4 aromatic rings. The zero-order valence-electron chi connectivity index (χ0n) is 16.2. The minimum Gasteiger partial charge on any atom is -0.350 e. The summed E-state index contributed by atoms with van der Waals surface area (Å²) in [5.74, 6) is -0.158. The largest absolute Gasteiger partial charge is 0.350 e. The molecule has 0 bridgehead atoms. The van der Waals surface area contributed by atoms with Crippen LogP contribution < -0.4 is 10.9 Å². The Balaban J connectivity index is 1.80. The molecule has 2 aromatic carbocycles. The smallest absolute Gasteiger partial charge is 0.291 e. The fourth-order valence-corrected chi connectivity index (χ4v) is 3.94. The van der Waals surface area contributed by atoms with Crippen molar-refractivity contribution in [3.8, 4) is 0 Å². The second-order valence-electron chi connectivity index (χ2n) is 6.96. The highest BCUT2D eigenvalue weighted by atomic mass is 35.5. The zero-order valence-corrected chi connectivity index (χ0v) is 17.0. The molecule has 0 aliphatic carbocycles. The molecule has 0 saturated heterocycles. The van der Waals surface area contributed by atoms with Gasteiger partial charge in [-0.05, 0) is 24.1 Å². The van der Waals surface area contributed by atoms with Crippen molar-refractivity contribution in [1.29, 1.82) is 0 Å². The van der Waals surface area contributed by atoms with E-state index in [1.807, 2.05) is 54.0 Å². The van der Waals surface area contributed by atoms with Crippen LogP contribution in [0.4, 0.5) is 0 Å². The fourth-order valence-electron chi connectivity index (χ4n) is 3.74. The lowest BCUT2D eigenvalue weighted by molar-refractivity contribution is -0.124. The molecule has 1 N–H and O–H groups in total. The number of rotatable bonds is 5. The average Bonchev–Trinajstić information content (AvgIpc) is 3.06. The van der Waals surface area contributed by atoms with Crippen molar-refractivity contribution in [3.05, 3.63) is 75.7 Å². The molecule has 2 heterocycles. The van der Waals surface area contributed by atoms with E-state index in [2.05, 4.69) is 10.4 Å². The van der Waals surface area contributed by atoms with Gasteiger partial charge in [0.15, 0.2) is 0 Å². The maximum absolute atomic E-state index is 13.1. The summed E-state index contributed by atoms with van der Waals surface area (Å²) in [6.45, 7) is 2.26. The van der Waals surface area contributed by atoms with Gasteiger partial charge in [-0.3, -0.25) is 9.59 Å². The topological polar surface area (TPSA) is 68.9 Å². The van der Waals surface area contributed by atoms with Crippen LogP contribution in [0.5, 0.6) is 0 Å². The number of aryl methyl sites for hydroxylation is 1. The van der Waals surface area contributed by atoms with E-state index >= 15 is 0 Å². The number of halogens is 1. The number of fused-ring (bicyclic) bond motifs is 3. The van der Waals surface area contributed by atoms with Crippen LogP contribution >= 0.6 is 11.6 Å². The predicted molar refractivity (Wildman–Crippen MR) is 115 cm³/mol. The first-order valence-corrected chi connectivity index (χ1v) is 9.86. The van der Waals surface area contributed by atoms with Crippen molar-refractivity contribution in [2.24, 2.45) is 7.05 Å². The number of amides is 1. The number of carbonyl (C=O) groups excluding carboxylic acids is 1. The highest BCUT2D eigenvalue weighted by Gasteiger charge is 2.25. The second-order valence-corrected chi connectivity index (χ2v) is 7.36. The lowest BCUT2D eigenvalue weighted by Gasteiger charge is -2.19. The number of carbonyl (C=O) groups is 1. The third-order valence-corrected chi connectivity index (χ3v) is 5.59. The van der Waals surface area contributed by atoms with E-state index in [-0.39, 0.29) is 11.5 Å². The van der Waals surface area contributed by atoms with Gasteiger partial charge >= 0.3 is 0 Å². The quantitative estimate of drug-likeness (QED) is 0.546. The standard InChI is InChI=1S/C22H21ClN4O2/c1-3-18(21(28)24-12-14-8-4-6-10-17(14)23)27-19-11-7-5-9-15(19)16-13-25-26(2)22(29)20(16)27/h4-11,13,18H,3,12H2,1-2H3,(H,24,28)/t18-/m1/s1.